The van der Waals surface area contributed by atoms with Gasteiger partial charge in [0.1, 0.15) is 0 Å². The summed E-state index contributed by atoms with van der Waals surface area (Å²) < 4.78 is 0. The summed E-state index contributed by atoms with van der Waals surface area (Å²) in [4.78, 5) is 12.7. The van der Waals surface area contributed by atoms with E-state index in [4.69, 9.17) is 10.8 Å². The van der Waals surface area contributed by atoms with Crippen LogP contribution in [0.25, 0.3) is 0 Å². The molecule has 1 rings (SSSR count). The van der Waals surface area contributed by atoms with Crippen molar-refractivity contribution in [3.8, 4) is 0 Å². The highest BCUT2D eigenvalue weighted by molar-refractivity contribution is 5.67. The number of carboxylic acids is 1. The van der Waals surface area contributed by atoms with Crippen molar-refractivity contribution in [1.82, 2.24) is 4.90 Å². The van der Waals surface area contributed by atoms with Crippen LogP contribution >= 0.6 is 0 Å². The van der Waals surface area contributed by atoms with E-state index in [9.17, 15) is 4.79 Å². The van der Waals surface area contributed by atoms with E-state index < -0.39 is 5.97 Å². The van der Waals surface area contributed by atoms with Gasteiger partial charge < -0.3 is 10.8 Å². The zero-order valence-corrected chi connectivity index (χ0v) is 10.2. The van der Waals surface area contributed by atoms with Crippen molar-refractivity contribution in [2.45, 2.75) is 25.9 Å². The van der Waals surface area contributed by atoms with Gasteiger partial charge in [-0.25, -0.2) is 0 Å². The molecule has 0 saturated heterocycles. The molecule has 0 aliphatic rings. The van der Waals surface area contributed by atoms with Crippen molar-refractivity contribution >= 4 is 5.97 Å². The normalized spacial score (nSPS) is 12.6. The SMILES string of the molecule is CCN(Cc1ccccc1)CC(N)CC(=O)O. The van der Waals surface area contributed by atoms with Gasteiger partial charge in [-0.3, -0.25) is 9.69 Å². The molecule has 3 N–H and O–H groups in total. The molecule has 0 spiro atoms. The molecule has 1 aromatic rings. The Kier molecular flexibility index (Phi) is 5.66. The third-order valence-electron chi connectivity index (χ3n) is 2.63. The summed E-state index contributed by atoms with van der Waals surface area (Å²) in [6, 6.07) is 9.80. The lowest BCUT2D eigenvalue weighted by molar-refractivity contribution is -0.137. The fraction of sp³-hybridized carbons (Fsp3) is 0.462. The third kappa shape index (κ3) is 5.47. The van der Waals surface area contributed by atoms with E-state index in [1.807, 2.05) is 18.2 Å². The van der Waals surface area contributed by atoms with Gasteiger partial charge in [-0.1, -0.05) is 37.3 Å². The van der Waals surface area contributed by atoms with Gasteiger partial charge in [-0.2, -0.15) is 0 Å². The van der Waals surface area contributed by atoms with E-state index in [2.05, 4.69) is 24.0 Å². The number of likely N-dealkylation sites (N-methyl/N-ethyl adjacent to an activating group) is 1. The number of nitrogens with two attached hydrogens (primary N) is 1. The second-order valence-electron chi connectivity index (χ2n) is 4.17. The van der Waals surface area contributed by atoms with Gasteiger partial charge in [0.15, 0.2) is 0 Å². The summed E-state index contributed by atoms with van der Waals surface area (Å²) >= 11 is 0. The minimum Gasteiger partial charge on any atom is -0.481 e. The van der Waals surface area contributed by atoms with Gasteiger partial charge in [0, 0.05) is 19.1 Å². The molecular formula is C13H20N2O2. The molecule has 0 heterocycles. The van der Waals surface area contributed by atoms with Gasteiger partial charge in [0.05, 0.1) is 6.42 Å². The van der Waals surface area contributed by atoms with E-state index in [0.29, 0.717) is 6.54 Å². The van der Waals surface area contributed by atoms with Crippen LogP contribution in [-0.2, 0) is 11.3 Å². The Morgan fingerprint density at radius 2 is 2.06 bits per heavy atom. The van der Waals surface area contributed by atoms with Crippen molar-refractivity contribution in [2.24, 2.45) is 5.73 Å². The van der Waals surface area contributed by atoms with Crippen LogP contribution < -0.4 is 5.73 Å². The van der Waals surface area contributed by atoms with Gasteiger partial charge in [0.25, 0.3) is 0 Å². The maximum Gasteiger partial charge on any atom is 0.304 e. The second-order valence-corrected chi connectivity index (χ2v) is 4.17. The average molecular weight is 236 g/mol. The average Bonchev–Trinajstić information content (AvgIpc) is 2.28. The zero-order chi connectivity index (χ0) is 12.7. The number of carbonyl (C=O) groups is 1. The molecule has 0 amide bonds. The molecule has 1 unspecified atom stereocenters. The topological polar surface area (TPSA) is 66.6 Å². The molecule has 0 radical (unpaired) electrons. The number of rotatable bonds is 7. The van der Waals surface area contributed by atoms with Crippen LogP contribution in [0, 0.1) is 0 Å². The first kappa shape index (κ1) is 13.7. The summed E-state index contributed by atoms with van der Waals surface area (Å²) in [6.45, 7) is 4.33. The fourth-order valence-electron chi connectivity index (χ4n) is 1.77. The number of aliphatic carboxylic acids is 1. The third-order valence-corrected chi connectivity index (χ3v) is 2.63. The first-order valence-corrected chi connectivity index (χ1v) is 5.85. The van der Waals surface area contributed by atoms with Gasteiger partial charge in [-0.15, -0.1) is 0 Å². The van der Waals surface area contributed by atoms with Gasteiger partial charge in [0.2, 0.25) is 0 Å². The molecule has 17 heavy (non-hydrogen) atoms. The lowest BCUT2D eigenvalue weighted by Crippen LogP contribution is -2.38. The molecule has 0 fully saturated rings. The van der Waals surface area contributed by atoms with Crippen molar-refractivity contribution in [3.05, 3.63) is 35.9 Å². The van der Waals surface area contributed by atoms with E-state index in [0.717, 1.165) is 13.1 Å². The number of carboxylic acid groups (broad SMARTS) is 1. The fourth-order valence-corrected chi connectivity index (χ4v) is 1.77. The Hall–Kier alpha value is -1.39. The summed E-state index contributed by atoms with van der Waals surface area (Å²) in [6.07, 6.45) is 0.0191. The molecule has 0 aliphatic carbocycles. The highest BCUT2D eigenvalue weighted by atomic mass is 16.4. The predicted molar refractivity (Wildman–Crippen MR) is 67.6 cm³/mol. The highest BCUT2D eigenvalue weighted by Gasteiger charge is 2.12. The largest absolute Gasteiger partial charge is 0.481 e. The smallest absolute Gasteiger partial charge is 0.304 e. The Labute approximate surface area is 102 Å². The van der Waals surface area contributed by atoms with Crippen molar-refractivity contribution < 1.29 is 9.90 Å². The first-order valence-electron chi connectivity index (χ1n) is 5.85. The number of hydrogen-bond donors (Lipinski definition) is 2. The Morgan fingerprint density at radius 1 is 1.41 bits per heavy atom. The Bertz CT molecular complexity index is 341. The van der Waals surface area contributed by atoms with E-state index in [1.54, 1.807) is 0 Å². The summed E-state index contributed by atoms with van der Waals surface area (Å²) in [7, 11) is 0. The van der Waals surface area contributed by atoms with Gasteiger partial charge >= 0.3 is 5.97 Å². The molecule has 0 aliphatic heterocycles. The monoisotopic (exact) mass is 236 g/mol. The highest BCUT2D eigenvalue weighted by Crippen LogP contribution is 2.05. The molecule has 1 aromatic carbocycles. The number of nitrogens with zero attached hydrogens (tertiary/aromatic N) is 1. The molecule has 0 saturated carbocycles. The Morgan fingerprint density at radius 3 is 2.59 bits per heavy atom. The molecule has 4 heteroatoms. The van der Waals surface area contributed by atoms with E-state index >= 15 is 0 Å². The molecule has 94 valence electrons. The van der Waals surface area contributed by atoms with Gasteiger partial charge in [-0.05, 0) is 12.1 Å². The summed E-state index contributed by atoms with van der Waals surface area (Å²) in [5.41, 5.74) is 7.00. The second kappa shape index (κ2) is 7.04. The van der Waals surface area contributed by atoms with Crippen LogP contribution in [0.1, 0.15) is 18.9 Å². The van der Waals surface area contributed by atoms with Crippen LogP contribution in [0.4, 0.5) is 0 Å². The van der Waals surface area contributed by atoms with Crippen LogP contribution in [0.3, 0.4) is 0 Å². The van der Waals surface area contributed by atoms with Crippen molar-refractivity contribution in [3.63, 3.8) is 0 Å². The molecular weight excluding hydrogens is 216 g/mol. The van der Waals surface area contributed by atoms with Crippen LogP contribution in [0.5, 0.6) is 0 Å². The summed E-state index contributed by atoms with van der Waals surface area (Å²) in [5, 5.41) is 8.66. The maximum absolute atomic E-state index is 10.5. The summed E-state index contributed by atoms with van der Waals surface area (Å²) in [5.74, 6) is -0.840. The first-order chi connectivity index (χ1) is 8.11. The Balaban J connectivity index is 2.46. The van der Waals surface area contributed by atoms with Crippen molar-refractivity contribution in [2.75, 3.05) is 13.1 Å². The predicted octanol–water partition coefficient (Wildman–Crippen LogP) is 1.31. The van der Waals surface area contributed by atoms with E-state index in [-0.39, 0.29) is 12.5 Å². The number of hydrogen-bond acceptors (Lipinski definition) is 3. The lowest BCUT2D eigenvalue weighted by Gasteiger charge is -2.23. The minimum absolute atomic E-state index is 0.0191. The minimum atomic E-state index is -0.840. The maximum atomic E-state index is 10.5. The van der Waals surface area contributed by atoms with Crippen LogP contribution in [-0.4, -0.2) is 35.1 Å². The molecule has 0 bridgehead atoms. The molecule has 1 atom stereocenters. The lowest BCUT2D eigenvalue weighted by atomic mass is 10.1. The molecule has 0 aromatic heterocycles. The van der Waals surface area contributed by atoms with Crippen molar-refractivity contribution in [1.29, 1.82) is 0 Å². The molecule has 4 nitrogen and oxygen atoms in total. The van der Waals surface area contributed by atoms with Crippen LogP contribution in [0.15, 0.2) is 30.3 Å². The quantitative estimate of drug-likeness (QED) is 0.749. The zero-order valence-electron chi connectivity index (χ0n) is 10.2. The standard InChI is InChI=1S/C13H20N2O2/c1-2-15(10-12(14)8-13(16)17)9-11-6-4-3-5-7-11/h3-7,12H,2,8-10,14H2,1H3,(H,16,17). The van der Waals surface area contributed by atoms with Crippen LogP contribution in [0.2, 0.25) is 0 Å². The number of benzene rings is 1. The van der Waals surface area contributed by atoms with E-state index in [1.165, 1.54) is 5.56 Å².